The first-order valence-electron chi connectivity index (χ1n) is 5.82. The van der Waals surface area contributed by atoms with Crippen molar-refractivity contribution in [2.45, 2.75) is 31.2 Å². The molecule has 1 fully saturated rings. The maximum absolute atomic E-state index is 11.8. The third-order valence-corrected chi connectivity index (χ3v) is 3.20. The van der Waals surface area contributed by atoms with Crippen LogP contribution in [0.4, 0.5) is 4.79 Å². The molecule has 1 saturated heterocycles. The molecule has 3 amide bonds. The minimum Gasteiger partial charge on any atom is -0.323 e. The summed E-state index contributed by atoms with van der Waals surface area (Å²) in [6.45, 7) is 2.89. The van der Waals surface area contributed by atoms with E-state index in [0.717, 1.165) is 12.8 Å². The fourth-order valence-corrected chi connectivity index (χ4v) is 1.90. The second-order valence-corrected chi connectivity index (χ2v) is 5.27. The van der Waals surface area contributed by atoms with Crippen LogP contribution in [-0.2, 0) is 4.79 Å². The number of rotatable bonds is 2. The van der Waals surface area contributed by atoms with Crippen molar-refractivity contribution in [1.29, 1.82) is 0 Å². The molecule has 0 radical (unpaired) electrons. The zero-order valence-corrected chi connectivity index (χ0v) is 11.3. The van der Waals surface area contributed by atoms with Gasteiger partial charge in [0.15, 0.2) is 0 Å². The number of amides is 3. The molecule has 1 aliphatic rings. The molecule has 5 nitrogen and oxygen atoms in total. The Morgan fingerprint density at radius 3 is 2.65 bits per heavy atom. The molecule has 0 aromatic carbocycles. The molecule has 1 N–H and O–H groups in total. The fraction of sp³-hybridized carbons (Fsp3) is 0.818. The summed E-state index contributed by atoms with van der Waals surface area (Å²) in [6.07, 6.45) is 2.04. The summed E-state index contributed by atoms with van der Waals surface area (Å²) in [5, 5.41) is 1.62. The first-order chi connectivity index (χ1) is 7.91. The largest absolute Gasteiger partial charge is 0.324 e. The molecule has 1 heterocycles. The van der Waals surface area contributed by atoms with Gasteiger partial charge in [-0.25, -0.2) is 4.79 Å². The second-order valence-electron chi connectivity index (χ2n) is 4.62. The van der Waals surface area contributed by atoms with Gasteiger partial charge in [0.1, 0.15) is 5.38 Å². The van der Waals surface area contributed by atoms with E-state index in [1.807, 2.05) is 14.1 Å². The molecule has 98 valence electrons. The van der Waals surface area contributed by atoms with Crippen molar-refractivity contribution >= 4 is 23.5 Å². The molecular weight excluding hydrogens is 242 g/mol. The van der Waals surface area contributed by atoms with E-state index in [4.69, 9.17) is 11.6 Å². The van der Waals surface area contributed by atoms with Crippen LogP contribution in [0.1, 0.15) is 19.8 Å². The Labute approximate surface area is 107 Å². The summed E-state index contributed by atoms with van der Waals surface area (Å²) >= 11 is 5.60. The van der Waals surface area contributed by atoms with Gasteiger partial charge >= 0.3 is 6.03 Å². The summed E-state index contributed by atoms with van der Waals surface area (Å²) in [5.74, 6) is -0.441. The number of urea groups is 1. The lowest BCUT2D eigenvalue weighted by Gasteiger charge is -2.35. The summed E-state index contributed by atoms with van der Waals surface area (Å²) in [6, 6.07) is 0.0204. The van der Waals surface area contributed by atoms with Crippen molar-refractivity contribution in [3.8, 4) is 0 Å². The molecule has 2 unspecified atom stereocenters. The predicted octanol–water partition coefficient (Wildman–Crippen LogP) is 0.876. The number of halogens is 1. The first kappa shape index (κ1) is 14.3. The molecule has 0 saturated carbocycles. The summed E-state index contributed by atoms with van der Waals surface area (Å²) < 4.78 is 0. The van der Waals surface area contributed by atoms with E-state index in [-0.39, 0.29) is 6.03 Å². The van der Waals surface area contributed by atoms with Gasteiger partial charge in [-0.15, -0.1) is 11.6 Å². The molecule has 17 heavy (non-hydrogen) atoms. The smallest absolute Gasteiger partial charge is 0.323 e. The Bertz CT molecular complexity index is 294. The zero-order valence-electron chi connectivity index (χ0n) is 10.6. The number of carbonyl (C=O) groups is 2. The van der Waals surface area contributed by atoms with Gasteiger partial charge in [0.25, 0.3) is 0 Å². The van der Waals surface area contributed by atoms with Crippen molar-refractivity contribution in [3.05, 3.63) is 0 Å². The van der Waals surface area contributed by atoms with Crippen molar-refractivity contribution in [2.24, 2.45) is 0 Å². The van der Waals surface area contributed by atoms with Crippen LogP contribution in [0.15, 0.2) is 0 Å². The molecule has 2 atom stereocenters. The summed E-state index contributed by atoms with van der Waals surface area (Å²) in [5.41, 5.74) is 0. The van der Waals surface area contributed by atoms with E-state index in [0.29, 0.717) is 19.1 Å². The Kier molecular flexibility index (Phi) is 5.21. The number of hydrogen-bond acceptors (Lipinski definition) is 3. The average molecular weight is 262 g/mol. The van der Waals surface area contributed by atoms with Gasteiger partial charge in [-0.05, 0) is 33.9 Å². The van der Waals surface area contributed by atoms with Crippen molar-refractivity contribution < 1.29 is 9.59 Å². The van der Waals surface area contributed by atoms with Gasteiger partial charge in [0.2, 0.25) is 5.91 Å². The van der Waals surface area contributed by atoms with Crippen LogP contribution < -0.4 is 5.32 Å². The Morgan fingerprint density at radius 2 is 2.12 bits per heavy atom. The lowest BCUT2D eigenvalue weighted by Crippen LogP contribution is -2.52. The quantitative estimate of drug-likeness (QED) is 0.751. The second kappa shape index (κ2) is 6.21. The van der Waals surface area contributed by atoms with E-state index < -0.39 is 11.3 Å². The van der Waals surface area contributed by atoms with Crippen molar-refractivity contribution in [1.82, 2.24) is 15.1 Å². The predicted molar refractivity (Wildman–Crippen MR) is 67.1 cm³/mol. The molecular formula is C11H20ClN3O2. The number of piperidine rings is 1. The van der Waals surface area contributed by atoms with Gasteiger partial charge in [0.05, 0.1) is 0 Å². The SMILES string of the molecule is CC(Cl)C(=O)NC(=O)N1CCCC(N(C)C)C1. The number of hydrogen-bond donors (Lipinski definition) is 1. The van der Waals surface area contributed by atoms with E-state index in [2.05, 4.69) is 10.2 Å². The van der Waals surface area contributed by atoms with Crippen LogP contribution in [0.3, 0.4) is 0 Å². The van der Waals surface area contributed by atoms with E-state index in [9.17, 15) is 9.59 Å². The third-order valence-electron chi connectivity index (χ3n) is 3.01. The van der Waals surface area contributed by atoms with Crippen LogP contribution >= 0.6 is 11.6 Å². The monoisotopic (exact) mass is 261 g/mol. The molecule has 1 aliphatic heterocycles. The first-order valence-corrected chi connectivity index (χ1v) is 6.25. The average Bonchev–Trinajstić information content (AvgIpc) is 2.28. The number of imide groups is 1. The van der Waals surface area contributed by atoms with E-state index in [1.165, 1.54) is 0 Å². The number of likely N-dealkylation sites (N-methyl/N-ethyl adjacent to an activating group) is 1. The molecule has 0 spiro atoms. The zero-order chi connectivity index (χ0) is 13.0. The number of nitrogens with one attached hydrogen (secondary N) is 1. The molecule has 0 bridgehead atoms. The lowest BCUT2D eigenvalue weighted by molar-refractivity contribution is -0.119. The molecule has 0 aromatic rings. The summed E-state index contributed by atoms with van der Waals surface area (Å²) in [7, 11) is 4.00. The van der Waals surface area contributed by atoms with Crippen LogP contribution in [-0.4, -0.2) is 60.3 Å². The van der Waals surface area contributed by atoms with E-state index >= 15 is 0 Å². The van der Waals surface area contributed by atoms with Gasteiger partial charge < -0.3 is 9.80 Å². The van der Waals surface area contributed by atoms with Gasteiger partial charge in [-0.3, -0.25) is 10.1 Å². The summed E-state index contributed by atoms with van der Waals surface area (Å²) in [4.78, 5) is 26.9. The highest BCUT2D eigenvalue weighted by Crippen LogP contribution is 2.13. The highest BCUT2D eigenvalue weighted by molar-refractivity contribution is 6.31. The Hall–Kier alpha value is -0.810. The third kappa shape index (κ3) is 4.16. The highest BCUT2D eigenvalue weighted by Gasteiger charge is 2.26. The molecule has 0 aliphatic carbocycles. The Morgan fingerprint density at radius 1 is 1.47 bits per heavy atom. The lowest BCUT2D eigenvalue weighted by atomic mass is 10.1. The normalized spacial score (nSPS) is 22.4. The number of alkyl halides is 1. The van der Waals surface area contributed by atoms with Crippen LogP contribution in [0.2, 0.25) is 0 Å². The number of nitrogens with zero attached hydrogens (tertiary/aromatic N) is 2. The van der Waals surface area contributed by atoms with Gasteiger partial charge in [0, 0.05) is 19.1 Å². The number of carbonyl (C=O) groups excluding carboxylic acids is 2. The molecule has 6 heteroatoms. The number of likely N-dealkylation sites (tertiary alicyclic amines) is 1. The minimum atomic E-state index is -0.687. The van der Waals surface area contributed by atoms with Crippen molar-refractivity contribution in [3.63, 3.8) is 0 Å². The van der Waals surface area contributed by atoms with Crippen LogP contribution in [0.25, 0.3) is 0 Å². The molecule has 0 aromatic heterocycles. The fourth-order valence-electron chi connectivity index (χ4n) is 1.84. The topological polar surface area (TPSA) is 52.7 Å². The Balaban J connectivity index is 2.49. The maximum Gasteiger partial charge on any atom is 0.324 e. The van der Waals surface area contributed by atoms with Crippen LogP contribution in [0, 0.1) is 0 Å². The minimum absolute atomic E-state index is 0.339. The standard InChI is InChI=1S/C11H20ClN3O2/c1-8(12)10(16)13-11(17)15-6-4-5-9(7-15)14(2)3/h8-9H,4-7H2,1-3H3,(H,13,16,17). The maximum atomic E-state index is 11.8. The molecule has 1 rings (SSSR count). The van der Waals surface area contributed by atoms with E-state index in [1.54, 1.807) is 11.8 Å². The van der Waals surface area contributed by atoms with Gasteiger partial charge in [-0.2, -0.15) is 0 Å². The van der Waals surface area contributed by atoms with Crippen molar-refractivity contribution in [2.75, 3.05) is 27.2 Å². The van der Waals surface area contributed by atoms with Gasteiger partial charge in [-0.1, -0.05) is 0 Å². The van der Waals surface area contributed by atoms with Crippen LogP contribution in [0.5, 0.6) is 0 Å². The highest BCUT2D eigenvalue weighted by atomic mass is 35.5.